The van der Waals surface area contributed by atoms with Crippen molar-refractivity contribution in [3.05, 3.63) is 17.0 Å². The number of nitrogens with zero attached hydrogens (tertiary/aromatic N) is 3. The third kappa shape index (κ3) is 2.35. The summed E-state index contributed by atoms with van der Waals surface area (Å²) in [4.78, 5) is 14.6. The molecule has 5 nitrogen and oxygen atoms in total. The second-order valence-corrected chi connectivity index (χ2v) is 5.78. The number of carbonyl (C=O) groups is 1. The Morgan fingerprint density at radius 1 is 1.40 bits per heavy atom. The van der Waals surface area contributed by atoms with Gasteiger partial charge in [-0.05, 0) is 19.8 Å². The van der Waals surface area contributed by atoms with Crippen LogP contribution in [0.1, 0.15) is 54.4 Å². The lowest BCUT2D eigenvalue weighted by molar-refractivity contribution is 0.0515. The first-order valence-corrected chi connectivity index (χ1v) is 7.66. The maximum Gasteiger partial charge on any atom is 0.359 e. The minimum Gasteiger partial charge on any atom is -0.461 e. The Morgan fingerprint density at radius 2 is 2.15 bits per heavy atom. The minimum absolute atomic E-state index is 0.280. The molecule has 0 saturated heterocycles. The summed E-state index contributed by atoms with van der Waals surface area (Å²) in [7, 11) is 1.92. The van der Waals surface area contributed by atoms with Gasteiger partial charge in [0.05, 0.1) is 6.61 Å². The Bertz CT molecular complexity index is 503. The molecule has 110 valence electrons. The zero-order chi connectivity index (χ0) is 14.1. The highest BCUT2D eigenvalue weighted by atomic mass is 16.5. The molecular formula is C15H23N3O2. The number of hydrogen-bond acceptors (Lipinski definition) is 4. The third-order valence-corrected chi connectivity index (χ3v) is 4.58. The van der Waals surface area contributed by atoms with Crippen molar-refractivity contribution >= 4 is 5.97 Å². The Morgan fingerprint density at radius 3 is 2.85 bits per heavy atom. The number of aryl methyl sites for hydroxylation is 1. The van der Waals surface area contributed by atoms with Gasteiger partial charge in [0.25, 0.3) is 0 Å². The second-order valence-electron chi connectivity index (χ2n) is 5.78. The molecule has 0 radical (unpaired) electrons. The van der Waals surface area contributed by atoms with Crippen LogP contribution in [0.5, 0.6) is 0 Å². The molecule has 1 saturated carbocycles. The van der Waals surface area contributed by atoms with E-state index >= 15 is 0 Å². The van der Waals surface area contributed by atoms with Crippen molar-refractivity contribution in [2.45, 2.75) is 51.6 Å². The van der Waals surface area contributed by atoms with E-state index in [1.165, 1.54) is 31.4 Å². The van der Waals surface area contributed by atoms with Crippen molar-refractivity contribution in [2.24, 2.45) is 7.05 Å². The molecule has 0 unspecified atom stereocenters. The standard InChI is InChI=1S/C15H23N3O2/c1-3-20-15(19)14-12-10-18(11-6-4-5-7-11)9-8-13(12)17(2)16-14/h11H,3-10H2,1-2H3. The van der Waals surface area contributed by atoms with Gasteiger partial charge in [-0.2, -0.15) is 5.10 Å². The maximum atomic E-state index is 12.0. The smallest absolute Gasteiger partial charge is 0.359 e. The third-order valence-electron chi connectivity index (χ3n) is 4.58. The summed E-state index contributed by atoms with van der Waals surface area (Å²) in [6.07, 6.45) is 6.25. The number of carbonyl (C=O) groups excluding carboxylic acids is 1. The molecule has 2 heterocycles. The van der Waals surface area contributed by atoms with Gasteiger partial charge in [-0.3, -0.25) is 9.58 Å². The van der Waals surface area contributed by atoms with Crippen molar-refractivity contribution in [1.82, 2.24) is 14.7 Å². The van der Waals surface area contributed by atoms with Crippen LogP contribution in [0.2, 0.25) is 0 Å². The van der Waals surface area contributed by atoms with Crippen LogP contribution < -0.4 is 0 Å². The molecule has 0 bridgehead atoms. The lowest BCUT2D eigenvalue weighted by Gasteiger charge is -2.32. The highest BCUT2D eigenvalue weighted by Crippen LogP contribution is 2.30. The minimum atomic E-state index is -0.280. The molecule has 1 aliphatic carbocycles. The molecule has 0 aromatic carbocycles. The monoisotopic (exact) mass is 277 g/mol. The van der Waals surface area contributed by atoms with Gasteiger partial charge >= 0.3 is 5.97 Å². The van der Waals surface area contributed by atoms with Gasteiger partial charge < -0.3 is 4.74 Å². The number of fused-ring (bicyclic) bond motifs is 1. The van der Waals surface area contributed by atoms with Crippen LogP contribution in [-0.2, 0) is 24.8 Å². The van der Waals surface area contributed by atoms with E-state index in [9.17, 15) is 4.79 Å². The Balaban J connectivity index is 1.84. The summed E-state index contributed by atoms with van der Waals surface area (Å²) < 4.78 is 6.99. The molecule has 20 heavy (non-hydrogen) atoms. The number of rotatable bonds is 3. The fourth-order valence-electron chi connectivity index (χ4n) is 3.56. The molecule has 1 aromatic rings. The summed E-state index contributed by atoms with van der Waals surface area (Å²) in [6, 6.07) is 0.693. The van der Waals surface area contributed by atoms with Crippen LogP contribution in [0.3, 0.4) is 0 Å². The Hall–Kier alpha value is -1.36. The fourth-order valence-corrected chi connectivity index (χ4v) is 3.56. The van der Waals surface area contributed by atoms with E-state index in [2.05, 4.69) is 10.00 Å². The number of esters is 1. The Kier molecular flexibility index (Phi) is 3.78. The zero-order valence-corrected chi connectivity index (χ0v) is 12.4. The van der Waals surface area contributed by atoms with Gasteiger partial charge in [0, 0.05) is 43.9 Å². The van der Waals surface area contributed by atoms with Crippen LogP contribution >= 0.6 is 0 Å². The molecule has 2 aliphatic rings. The lowest BCUT2D eigenvalue weighted by Crippen LogP contribution is -2.38. The topological polar surface area (TPSA) is 47.4 Å². The average molecular weight is 277 g/mol. The van der Waals surface area contributed by atoms with E-state index in [0.29, 0.717) is 18.3 Å². The SMILES string of the molecule is CCOC(=O)c1nn(C)c2c1CN(C1CCCC1)CC2. The van der Waals surface area contributed by atoms with E-state index in [0.717, 1.165) is 25.1 Å². The van der Waals surface area contributed by atoms with Gasteiger partial charge in [-0.15, -0.1) is 0 Å². The zero-order valence-electron chi connectivity index (χ0n) is 12.4. The summed E-state index contributed by atoms with van der Waals surface area (Å²) in [6.45, 7) is 4.16. The van der Waals surface area contributed by atoms with Gasteiger partial charge in [0.15, 0.2) is 5.69 Å². The number of aromatic nitrogens is 2. The van der Waals surface area contributed by atoms with E-state index in [4.69, 9.17) is 4.74 Å². The molecule has 5 heteroatoms. The first-order valence-electron chi connectivity index (χ1n) is 7.66. The highest BCUT2D eigenvalue weighted by Gasteiger charge is 2.31. The quantitative estimate of drug-likeness (QED) is 0.792. The normalized spacial score (nSPS) is 20.1. The first kappa shape index (κ1) is 13.6. The predicted octanol–water partition coefficient (Wildman–Crippen LogP) is 1.90. The highest BCUT2D eigenvalue weighted by molar-refractivity contribution is 5.89. The summed E-state index contributed by atoms with van der Waals surface area (Å²) in [5, 5.41) is 4.39. The summed E-state index contributed by atoms with van der Waals surface area (Å²) >= 11 is 0. The van der Waals surface area contributed by atoms with Crippen molar-refractivity contribution < 1.29 is 9.53 Å². The van der Waals surface area contributed by atoms with Crippen LogP contribution in [0, 0.1) is 0 Å². The summed E-state index contributed by atoms with van der Waals surface area (Å²) in [5.41, 5.74) is 2.80. The van der Waals surface area contributed by atoms with Crippen LogP contribution in [0.15, 0.2) is 0 Å². The fraction of sp³-hybridized carbons (Fsp3) is 0.733. The van der Waals surface area contributed by atoms with Gasteiger partial charge in [-0.25, -0.2) is 4.79 Å². The maximum absolute atomic E-state index is 12.0. The van der Waals surface area contributed by atoms with Crippen molar-refractivity contribution in [1.29, 1.82) is 0 Å². The van der Waals surface area contributed by atoms with E-state index < -0.39 is 0 Å². The van der Waals surface area contributed by atoms with Crippen LogP contribution in [0.4, 0.5) is 0 Å². The molecular weight excluding hydrogens is 254 g/mol. The van der Waals surface area contributed by atoms with E-state index in [1.807, 2.05) is 18.7 Å². The second kappa shape index (κ2) is 5.56. The van der Waals surface area contributed by atoms with E-state index in [-0.39, 0.29) is 5.97 Å². The van der Waals surface area contributed by atoms with E-state index in [1.54, 1.807) is 0 Å². The molecule has 3 rings (SSSR count). The predicted molar refractivity (Wildman–Crippen MR) is 75.5 cm³/mol. The largest absolute Gasteiger partial charge is 0.461 e. The molecule has 0 N–H and O–H groups in total. The first-order chi connectivity index (χ1) is 9.70. The van der Waals surface area contributed by atoms with Gasteiger partial charge in [-0.1, -0.05) is 12.8 Å². The number of ether oxygens (including phenoxy) is 1. The molecule has 0 spiro atoms. The molecule has 1 fully saturated rings. The molecule has 0 amide bonds. The lowest BCUT2D eigenvalue weighted by atomic mass is 10.0. The molecule has 0 atom stereocenters. The summed E-state index contributed by atoms with van der Waals surface area (Å²) in [5.74, 6) is -0.280. The van der Waals surface area contributed by atoms with Crippen molar-refractivity contribution in [3.63, 3.8) is 0 Å². The Labute approximate surface area is 119 Å². The molecule has 1 aromatic heterocycles. The van der Waals surface area contributed by atoms with Gasteiger partial charge in [0.1, 0.15) is 0 Å². The van der Waals surface area contributed by atoms with Crippen molar-refractivity contribution in [3.8, 4) is 0 Å². The molecule has 1 aliphatic heterocycles. The van der Waals surface area contributed by atoms with Crippen molar-refractivity contribution in [2.75, 3.05) is 13.2 Å². The van der Waals surface area contributed by atoms with Gasteiger partial charge in [0.2, 0.25) is 0 Å². The van der Waals surface area contributed by atoms with Crippen LogP contribution in [-0.4, -0.2) is 39.8 Å². The average Bonchev–Trinajstić information content (AvgIpc) is 3.07. The number of hydrogen-bond donors (Lipinski definition) is 0. The van der Waals surface area contributed by atoms with Crippen LogP contribution in [0.25, 0.3) is 0 Å².